The molecular formula is C11H14N8. The number of aromatic nitrogens is 6. The highest BCUT2D eigenvalue weighted by Crippen LogP contribution is 2.23. The van der Waals surface area contributed by atoms with E-state index in [1.165, 1.54) is 0 Å². The number of rotatable bonds is 3. The number of anilines is 3. The summed E-state index contributed by atoms with van der Waals surface area (Å²) in [5.74, 6) is 1.19. The Hall–Kier alpha value is -2.64. The monoisotopic (exact) mass is 258 g/mol. The van der Waals surface area contributed by atoms with Crippen molar-refractivity contribution in [3.05, 3.63) is 18.2 Å². The van der Waals surface area contributed by atoms with Crippen molar-refractivity contribution in [2.45, 2.75) is 6.92 Å². The fourth-order valence-corrected chi connectivity index (χ4v) is 1.89. The fourth-order valence-electron chi connectivity index (χ4n) is 1.89. The molecular weight excluding hydrogens is 244 g/mol. The second kappa shape index (κ2) is 4.23. The number of imidazole rings is 1. The van der Waals surface area contributed by atoms with Crippen LogP contribution in [-0.4, -0.2) is 36.8 Å². The van der Waals surface area contributed by atoms with Crippen molar-refractivity contribution < 1.29 is 0 Å². The third-order valence-electron chi connectivity index (χ3n) is 2.78. The first-order valence-corrected chi connectivity index (χ1v) is 5.83. The lowest BCUT2D eigenvalue weighted by molar-refractivity contribution is 0.756. The SMILES string of the molecule is CNc1nc(Nc2cn(C)nc2C)c2[nH]cnc2n1. The van der Waals surface area contributed by atoms with E-state index < -0.39 is 0 Å². The molecule has 0 atom stereocenters. The molecule has 3 N–H and O–H groups in total. The maximum absolute atomic E-state index is 4.40. The summed E-state index contributed by atoms with van der Waals surface area (Å²) < 4.78 is 1.75. The minimum atomic E-state index is 0.517. The molecule has 0 amide bonds. The molecule has 0 aliphatic carbocycles. The van der Waals surface area contributed by atoms with Gasteiger partial charge in [-0.25, -0.2) is 4.98 Å². The lowest BCUT2D eigenvalue weighted by Gasteiger charge is -2.06. The number of hydrogen-bond acceptors (Lipinski definition) is 6. The van der Waals surface area contributed by atoms with E-state index in [9.17, 15) is 0 Å². The Morgan fingerprint density at radius 1 is 1.32 bits per heavy atom. The third-order valence-corrected chi connectivity index (χ3v) is 2.78. The van der Waals surface area contributed by atoms with Gasteiger partial charge >= 0.3 is 0 Å². The molecule has 0 aliphatic heterocycles. The maximum atomic E-state index is 4.40. The lowest BCUT2D eigenvalue weighted by Crippen LogP contribution is -2.02. The van der Waals surface area contributed by atoms with Gasteiger partial charge < -0.3 is 15.6 Å². The van der Waals surface area contributed by atoms with Crippen LogP contribution < -0.4 is 10.6 Å². The number of nitrogens with zero attached hydrogens (tertiary/aromatic N) is 5. The van der Waals surface area contributed by atoms with Gasteiger partial charge in [-0.1, -0.05) is 0 Å². The molecule has 8 nitrogen and oxygen atoms in total. The van der Waals surface area contributed by atoms with E-state index in [2.05, 4.69) is 35.7 Å². The molecule has 3 heterocycles. The summed E-state index contributed by atoms with van der Waals surface area (Å²) in [6.07, 6.45) is 3.50. The Balaban J connectivity index is 2.08. The van der Waals surface area contributed by atoms with E-state index in [1.54, 1.807) is 18.1 Å². The highest BCUT2D eigenvalue weighted by molar-refractivity contribution is 5.86. The zero-order chi connectivity index (χ0) is 13.4. The van der Waals surface area contributed by atoms with Crippen LogP contribution in [-0.2, 0) is 7.05 Å². The molecule has 3 rings (SSSR count). The predicted molar refractivity (Wildman–Crippen MR) is 72.5 cm³/mol. The third kappa shape index (κ3) is 1.96. The number of aromatic amines is 1. The largest absolute Gasteiger partial charge is 0.357 e. The molecule has 0 saturated heterocycles. The number of hydrogen-bond donors (Lipinski definition) is 3. The van der Waals surface area contributed by atoms with Crippen molar-refractivity contribution in [3.63, 3.8) is 0 Å². The van der Waals surface area contributed by atoms with Gasteiger partial charge in [-0.2, -0.15) is 15.1 Å². The van der Waals surface area contributed by atoms with E-state index in [0.717, 1.165) is 16.9 Å². The number of nitrogens with one attached hydrogen (secondary N) is 3. The Morgan fingerprint density at radius 2 is 2.16 bits per heavy atom. The molecule has 8 heteroatoms. The van der Waals surface area contributed by atoms with E-state index in [4.69, 9.17) is 0 Å². The Kier molecular flexibility index (Phi) is 2.55. The number of aryl methyl sites for hydroxylation is 2. The molecule has 3 aromatic heterocycles. The zero-order valence-electron chi connectivity index (χ0n) is 10.9. The van der Waals surface area contributed by atoms with Gasteiger partial charge in [0, 0.05) is 20.3 Å². The van der Waals surface area contributed by atoms with Gasteiger partial charge in [-0.05, 0) is 6.92 Å². The van der Waals surface area contributed by atoms with Crippen LogP contribution in [0.15, 0.2) is 12.5 Å². The van der Waals surface area contributed by atoms with E-state index in [-0.39, 0.29) is 0 Å². The summed E-state index contributed by atoms with van der Waals surface area (Å²) >= 11 is 0. The summed E-state index contributed by atoms with van der Waals surface area (Å²) in [6.45, 7) is 1.94. The standard InChI is InChI=1S/C11H14N8/c1-6-7(4-19(3)18-6)15-10-8-9(14-5-13-8)16-11(12-2)17-10/h4-5H,1-3H3,(H3,12,13,14,15,16,17). The fraction of sp³-hybridized carbons (Fsp3) is 0.273. The van der Waals surface area contributed by atoms with Gasteiger partial charge in [-0.3, -0.25) is 4.68 Å². The molecule has 0 radical (unpaired) electrons. The van der Waals surface area contributed by atoms with Gasteiger partial charge in [0.15, 0.2) is 11.5 Å². The van der Waals surface area contributed by atoms with Crippen LogP contribution in [0.3, 0.4) is 0 Å². The van der Waals surface area contributed by atoms with E-state index in [0.29, 0.717) is 17.4 Å². The van der Waals surface area contributed by atoms with Crippen LogP contribution in [0.5, 0.6) is 0 Å². The molecule has 0 aromatic carbocycles. The second-order valence-corrected chi connectivity index (χ2v) is 4.17. The van der Waals surface area contributed by atoms with Crippen molar-refractivity contribution in [1.82, 2.24) is 29.7 Å². The second-order valence-electron chi connectivity index (χ2n) is 4.17. The van der Waals surface area contributed by atoms with Crippen LogP contribution in [0, 0.1) is 6.92 Å². The van der Waals surface area contributed by atoms with Crippen LogP contribution in [0.1, 0.15) is 5.69 Å². The van der Waals surface area contributed by atoms with Gasteiger partial charge in [0.2, 0.25) is 5.95 Å². The minimum Gasteiger partial charge on any atom is -0.357 e. The molecule has 19 heavy (non-hydrogen) atoms. The number of H-pyrrole nitrogens is 1. The predicted octanol–water partition coefficient (Wildman–Crippen LogP) is 1.18. The van der Waals surface area contributed by atoms with Gasteiger partial charge in [-0.15, -0.1) is 0 Å². The normalized spacial score (nSPS) is 10.9. The van der Waals surface area contributed by atoms with Crippen molar-refractivity contribution in [2.24, 2.45) is 7.05 Å². The average molecular weight is 258 g/mol. The first-order chi connectivity index (χ1) is 9.17. The van der Waals surface area contributed by atoms with Crippen molar-refractivity contribution in [1.29, 1.82) is 0 Å². The van der Waals surface area contributed by atoms with Crippen LogP contribution in [0.2, 0.25) is 0 Å². The molecule has 0 aliphatic rings. The summed E-state index contributed by atoms with van der Waals surface area (Å²) in [5.41, 5.74) is 3.18. The van der Waals surface area contributed by atoms with Gasteiger partial charge in [0.05, 0.1) is 17.7 Å². The zero-order valence-corrected chi connectivity index (χ0v) is 10.9. The molecule has 0 bridgehead atoms. The van der Waals surface area contributed by atoms with Gasteiger partial charge in [0.1, 0.15) is 5.52 Å². The van der Waals surface area contributed by atoms with E-state index >= 15 is 0 Å². The first kappa shape index (κ1) is 11.5. The highest BCUT2D eigenvalue weighted by atomic mass is 15.3. The topological polar surface area (TPSA) is 96.3 Å². The smallest absolute Gasteiger partial charge is 0.226 e. The van der Waals surface area contributed by atoms with E-state index in [1.807, 2.05) is 20.2 Å². The summed E-state index contributed by atoms with van der Waals surface area (Å²) in [6, 6.07) is 0. The van der Waals surface area contributed by atoms with Crippen molar-refractivity contribution >= 4 is 28.6 Å². The molecule has 3 aromatic rings. The van der Waals surface area contributed by atoms with Crippen molar-refractivity contribution in [3.8, 4) is 0 Å². The molecule has 98 valence electrons. The molecule has 0 spiro atoms. The Morgan fingerprint density at radius 3 is 2.84 bits per heavy atom. The summed E-state index contributed by atoms with van der Waals surface area (Å²) in [5, 5.41) is 10.5. The van der Waals surface area contributed by atoms with Crippen LogP contribution in [0.25, 0.3) is 11.2 Å². The van der Waals surface area contributed by atoms with Crippen LogP contribution >= 0.6 is 0 Å². The average Bonchev–Trinajstić information content (AvgIpc) is 2.96. The molecule has 0 fully saturated rings. The maximum Gasteiger partial charge on any atom is 0.226 e. The Bertz CT molecular complexity index is 725. The lowest BCUT2D eigenvalue weighted by atomic mass is 10.4. The molecule has 0 saturated carbocycles. The Labute approximate surface area is 109 Å². The quantitative estimate of drug-likeness (QED) is 0.652. The number of fused-ring (bicyclic) bond motifs is 1. The summed E-state index contributed by atoms with van der Waals surface area (Å²) in [7, 11) is 3.65. The summed E-state index contributed by atoms with van der Waals surface area (Å²) in [4.78, 5) is 15.8. The van der Waals surface area contributed by atoms with Crippen molar-refractivity contribution in [2.75, 3.05) is 17.7 Å². The minimum absolute atomic E-state index is 0.517. The molecule has 0 unspecified atom stereocenters. The first-order valence-electron chi connectivity index (χ1n) is 5.83. The van der Waals surface area contributed by atoms with Gasteiger partial charge in [0.25, 0.3) is 0 Å². The van der Waals surface area contributed by atoms with Crippen LogP contribution in [0.4, 0.5) is 17.5 Å². The highest BCUT2D eigenvalue weighted by Gasteiger charge is 2.11.